The lowest BCUT2D eigenvalue weighted by Crippen LogP contribution is -2.40. The van der Waals surface area contributed by atoms with E-state index in [-0.39, 0.29) is 30.6 Å². The SMILES string of the molecule is CN=C(NCCCOCC(F)(F)F)N1CCC(COC)C1.I. The highest BCUT2D eigenvalue weighted by Gasteiger charge is 2.27. The molecule has 1 aliphatic rings. The van der Waals surface area contributed by atoms with Gasteiger partial charge in [-0.1, -0.05) is 0 Å². The Balaban J connectivity index is 0.00000441. The Morgan fingerprint density at radius 2 is 2.14 bits per heavy atom. The van der Waals surface area contributed by atoms with Crippen LogP contribution in [0.2, 0.25) is 0 Å². The Morgan fingerprint density at radius 3 is 2.73 bits per heavy atom. The van der Waals surface area contributed by atoms with Crippen LogP contribution in [-0.4, -0.2) is 70.6 Å². The Morgan fingerprint density at radius 1 is 1.41 bits per heavy atom. The Labute approximate surface area is 146 Å². The van der Waals surface area contributed by atoms with Gasteiger partial charge in [-0.15, -0.1) is 24.0 Å². The van der Waals surface area contributed by atoms with Crippen molar-refractivity contribution in [3.05, 3.63) is 0 Å². The minimum absolute atomic E-state index is 0. The molecule has 0 radical (unpaired) electrons. The van der Waals surface area contributed by atoms with Crippen molar-refractivity contribution in [2.75, 3.05) is 53.6 Å². The highest BCUT2D eigenvalue weighted by atomic mass is 127. The average Bonchev–Trinajstić information content (AvgIpc) is 2.85. The molecule has 0 aromatic carbocycles. The Bertz CT molecular complexity index is 330. The second-order valence-corrected chi connectivity index (χ2v) is 5.05. The van der Waals surface area contributed by atoms with Crippen LogP contribution in [0.5, 0.6) is 0 Å². The number of ether oxygens (including phenoxy) is 2. The molecule has 0 bridgehead atoms. The predicted molar refractivity (Wildman–Crippen MR) is 89.8 cm³/mol. The number of nitrogens with one attached hydrogen (secondary N) is 1. The van der Waals surface area contributed by atoms with Crippen LogP contribution in [-0.2, 0) is 9.47 Å². The van der Waals surface area contributed by atoms with Gasteiger partial charge < -0.3 is 19.7 Å². The average molecular weight is 439 g/mol. The number of aliphatic imine (C=N–C) groups is 1. The van der Waals surface area contributed by atoms with Crippen molar-refractivity contribution in [3.63, 3.8) is 0 Å². The van der Waals surface area contributed by atoms with Gasteiger partial charge >= 0.3 is 6.18 Å². The zero-order valence-electron chi connectivity index (χ0n) is 13.0. The molecule has 0 aromatic heterocycles. The van der Waals surface area contributed by atoms with E-state index in [1.165, 1.54) is 0 Å². The largest absolute Gasteiger partial charge is 0.411 e. The van der Waals surface area contributed by atoms with Gasteiger partial charge in [-0.3, -0.25) is 4.99 Å². The van der Waals surface area contributed by atoms with Crippen LogP contribution in [0.3, 0.4) is 0 Å². The van der Waals surface area contributed by atoms with Gasteiger partial charge in [0, 0.05) is 46.3 Å². The minimum Gasteiger partial charge on any atom is -0.384 e. The van der Waals surface area contributed by atoms with Gasteiger partial charge in [0.25, 0.3) is 0 Å². The molecule has 0 aromatic rings. The Kier molecular flexibility index (Phi) is 11.1. The van der Waals surface area contributed by atoms with Gasteiger partial charge in [0.15, 0.2) is 5.96 Å². The second kappa shape index (κ2) is 11.3. The van der Waals surface area contributed by atoms with Gasteiger partial charge in [0.2, 0.25) is 0 Å². The number of hydrogen-bond acceptors (Lipinski definition) is 3. The van der Waals surface area contributed by atoms with Crippen molar-refractivity contribution in [1.29, 1.82) is 0 Å². The maximum atomic E-state index is 11.9. The van der Waals surface area contributed by atoms with Crippen molar-refractivity contribution in [3.8, 4) is 0 Å². The summed E-state index contributed by atoms with van der Waals surface area (Å²) in [5.41, 5.74) is 0. The number of likely N-dealkylation sites (tertiary alicyclic amines) is 1. The van der Waals surface area contributed by atoms with Gasteiger partial charge in [-0.05, 0) is 12.8 Å². The normalized spacial score (nSPS) is 19.2. The third-order valence-electron chi connectivity index (χ3n) is 3.21. The first-order valence-corrected chi connectivity index (χ1v) is 7.05. The van der Waals surface area contributed by atoms with Gasteiger partial charge in [-0.2, -0.15) is 13.2 Å². The van der Waals surface area contributed by atoms with Crippen LogP contribution < -0.4 is 5.32 Å². The smallest absolute Gasteiger partial charge is 0.384 e. The summed E-state index contributed by atoms with van der Waals surface area (Å²) < 4.78 is 45.3. The van der Waals surface area contributed by atoms with Crippen molar-refractivity contribution >= 4 is 29.9 Å². The van der Waals surface area contributed by atoms with E-state index in [0.717, 1.165) is 32.1 Å². The third kappa shape index (κ3) is 8.99. The fourth-order valence-corrected chi connectivity index (χ4v) is 2.29. The lowest BCUT2D eigenvalue weighted by Gasteiger charge is -2.21. The molecule has 1 rings (SSSR count). The fraction of sp³-hybridized carbons (Fsp3) is 0.923. The standard InChI is InChI=1S/C13H24F3N3O2.HI/c1-17-12(19-6-4-11(8-19)9-20-2)18-5-3-7-21-10-13(14,15)16;/h11H,3-10H2,1-2H3,(H,17,18);1H. The monoisotopic (exact) mass is 439 g/mol. The van der Waals surface area contributed by atoms with E-state index in [9.17, 15) is 13.2 Å². The van der Waals surface area contributed by atoms with Crippen LogP contribution in [0, 0.1) is 5.92 Å². The fourth-order valence-electron chi connectivity index (χ4n) is 2.29. The molecular weight excluding hydrogens is 414 g/mol. The van der Waals surface area contributed by atoms with Crippen molar-refractivity contribution in [1.82, 2.24) is 10.2 Å². The van der Waals surface area contributed by atoms with Crippen LogP contribution in [0.25, 0.3) is 0 Å². The zero-order valence-corrected chi connectivity index (χ0v) is 15.3. The molecule has 0 amide bonds. The maximum Gasteiger partial charge on any atom is 0.411 e. The summed E-state index contributed by atoms with van der Waals surface area (Å²) in [6.45, 7) is 1.97. The summed E-state index contributed by atoms with van der Waals surface area (Å²) >= 11 is 0. The van der Waals surface area contributed by atoms with Crippen molar-refractivity contribution < 1.29 is 22.6 Å². The molecule has 1 fully saturated rings. The van der Waals surface area contributed by atoms with Gasteiger partial charge in [-0.25, -0.2) is 0 Å². The van der Waals surface area contributed by atoms with E-state index in [1.807, 2.05) is 0 Å². The first-order chi connectivity index (χ1) is 9.96. The highest BCUT2D eigenvalue weighted by molar-refractivity contribution is 14.0. The molecule has 1 aliphatic heterocycles. The molecular formula is C13H25F3IN3O2. The molecule has 132 valence electrons. The lowest BCUT2D eigenvalue weighted by atomic mass is 10.1. The number of guanidine groups is 1. The zero-order chi connectivity index (χ0) is 15.7. The number of hydrogen-bond donors (Lipinski definition) is 1. The van der Waals surface area contributed by atoms with E-state index in [2.05, 4.69) is 19.9 Å². The molecule has 1 atom stereocenters. The summed E-state index contributed by atoms with van der Waals surface area (Å²) in [4.78, 5) is 6.33. The quantitative estimate of drug-likeness (QED) is 0.286. The minimum atomic E-state index is -4.25. The van der Waals surface area contributed by atoms with E-state index < -0.39 is 12.8 Å². The maximum absolute atomic E-state index is 11.9. The molecule has 1 N–H and O–H groups in total. The van der Waals surface area contributed by atoms with E-state index >= 15 is 0 Å². The molecule has 22 heavy (non-hydrogen) atoms. The molecule has 0 saturated carbocycles. The lowest BCUT2D eigenvalue weighted by molar-refractivity contribution is -0.173. The number of halogens is 4. The summed E-state index contributed by atoms with van der Waals surface area (Å²) in [6, 6.07) is 0. The van der Waals surface area contributed by atoms with Gasteiger partial charge in [0.1, 0.15) is 6.61 Å². The number of alkyl halides is 3. The molecule has 0 aliphatic carbocycles. The molecule has 0 spiro atoms. The first-order valence-electron chi connectivity index (χ1n) is 7.05. The molecule has 1 saturated heterocycles. The number of methoxy groups -OCH3 is 1. The Hall–Kier alpha value is -0.290. The van der Waals surface area contributed by atoms with Crippen LogP contribution in [0.15, 0.2) is 4.99 Å². The van der Waals surface area contributed by atoms with E-state index in [1.54, 1.807) is 14.2 Å². The second-order valence-electron chi connectivity index (χ2n) is 5.05. The number of rotatable bonds is 7. The van der Waals surface area contributed by atoms with Crippen molar-refractivity contribution in [2.24, 2.45) is 10.9 Å². The van der Waals surface area contributed by atoms with Crippen LogP contribution >= 0.6 is 24.0 Å². The molecule has 9 heteroatoms. The number of nitrogens with zero attached hydrogens (tertiary/aromatic N) is 2. The summed E-state index contributed by atoms with van der Waals surface area (Å²) in [7, 11) is 3.39. The van der Waals surface area contributed by atoms with Crippen LogP contribution in [0.4, 0.5) is 13.2 Å². The van der Waals surface area contributed by atoms with E-state index in [0.29, 0.717) is 18.9 Å². The summed E-state index contributed by atoms with van der Waals surface area (Å²) in [5.74, 6) is 1.29. The van der Waals surface area contributed by atoms with Crippen LogP contribution in [0.1, 0.15) is 12.8 Å². The molecule has 1 heterocycles. The third-order valence-corrected chi connectivity index (χ3v) is 3.21. The summed E-state index contributed by atoms with van der Waals surface area (Å²) in [5, 5.41) is 3.15. The molecule has 1 unspecified atom stereocenters. The first kappa shape index (κ1) is 21.7. The summed E-state index contributed by atoms with van der Waals surface area (Å²) in [6.07, 6.45) is -2.69. The van der Waals surface area contributed by atoms with E-state index in [4.69, 9.17) is 4.74 Å². The van der Waals surface area contributed by atoms with Gasteiger partial charge in [0.05, 0.1) is 6.61 Å². The van der Waals surface area contributed by atoms with Crippen molar-refractivity contribution in [2.45, 2.75) is 19.0 Å². The topological polar surface area (TPSA) is 46.1 Å². The molecule has 5 nitrogen and oxygen atoms in total. The highest BCUT2D eigenvalue weighted by Crippen LogP contribution is 2.16. The predicted octanol–water partition coefficient (Wildman–Crippen LogP) is 2.12.